The maximum atomic E-state index is 12.9. The van der Waals surface area contributed by atoms with E-state index >= 15 is 0 Å². The summed E-state index contributed by atoms with van der Waals surface area (Å²) in [5.41, 5.74) is -1.20. The molecule has 0 heterocycles. The molecule has 0 spiro atoms. The number of phosphoric acid groups is 1. The van der Waals surface area contributed by atoms with Crippen LogP contribution in [0.25, 0.3) is 0 Å². The number of hydrogen-bond acceptors (Lipinski definition) is 6. The van der Waals surface area contributed by atoms with Gasteiger partial charge in [0.25, 0.3) is 5.91 Å². The Hall–Kier alpha value is -2.18. The first-order valence-electron chi connectivity index (χ1n) is 9.24. The van der Waals surface area contributed by atoms with E-state index < -0.39 is 31.2 Å². The number of benzene rings is 2. The molecule has 0 bridgehead atoms. The van der Waals surface area contributed by atoms with Crippen molar-refractivity contribution < 1.29 is 47.1 Å². The normalized spacial score (nSPS) is 11.4. The van der Waals surface area contributed by atoms with Crippen LogP contribution in [0, 0.1) is 6.92 Å². The van der Waals surface area contributed by atoms with Crippen LogP contribution in [0.5, 0.6) is 5.75 Å². The first kappa shape index (κ1) is 28.9. The number of aryl methyl sites for hydroxylation is 1. The molecule has 33 heavy (non-hydrogen) atoms. The number of nitrogens with one attached hydrogen (secondary N) is 2. The van der Waals surface area contributed by atoms with Crippen molar-refractivity contribution in [1.29, 1.82) is 0 Å². The Morgan fingerprint density at radius 1 is 1.09 bits per heavy atom. The van der Waals surface area contributed by atoms with Crippen molar-refractivity contribution in [1.82, 2.24) is 5.32 Å². The van der Waals surface area contributed by atoms with Gasteiger partial charge in [-0.05, 0) is 48.9 Å². The molecule has 0 saturated carbocycles. The van der Waals surface area contributed by atoms with Gasteiger partial charge in [-0.1, -0.05) is 11.6 Å². The van der Waals surface area contributed by atoms with Crippen molar-refractivity contribution in [3.8, 4) is 5.75 Å². The zero-order chi connectivity index (χ0) is 25.2. The minimum Gasteiger partial charge on any atom is -0.403 e. The van der Waals surface area contributed by atoms with Crippen molar-refractivity contribution >= 4 is 31.0 Å². The number of halogens is 4. The molecule has 1 amide bonds. The Morgan fingerprint density at radius 3 is 2.21 bits per heavy atom. The Bertz CT molecular complexity index is 982. The van der Waals surface area contributed by atoms with E-state index in [2.05, 4.69) is 15.2 Å². The molecular formula is C19H23ClF3N2O7P. The Labute approximate surface area is 192 Å². The highest BCUT2D eigenvalue weighted by Crippen LogP contribution is 2.40. The van der Waals surface area contributed by atoms with Gasteiger partial charge < -0.3 is 25.4 Å². The lowest BCUT2D eigenvalue weighted by molar-refractivity contribution is -0.137. The average Bonchev–Trinajstić information content (AvgIpc) is 2.68. The van der Waals surface area contributed by atoms with Crippen LogP contribution in [-0.4, -0.2) is 52.2 Å². The average molecular weight is 515 g/mol. The van der Waals surface area contributed by atoms with Gasteiger partial charge in [-0.2, -0.15) is 13.2 Å². The van der Waals surface area contributed by atoms with Gasteiger partial charge in [0, 0.05) is 23.8 Å². The number of carbonyl (C=O) groups is 1. The van der Waals surface area contributed by atoms with E-state index in [0.717, 1.165) is 24.3 Å². The first-order valence-corrected chi connectivity index (χ1v) is 11.1. The Balaban J connectivity index is 0.000000675. The quantitative estimate of drug-likeness (QED) is 0.233. The van der Waals surface area contributed by atoms with Crippen molar-refractivity contribution in [2.75, 3.05) is 31.6 Å². The standard InChI is InChI=1S/C15H12ClF3NO5P.C4H11NO2/c1-8-4-9(15(17,18)19)6-11(5-8)20-14(21)12-7-10(16)2-3-13(12)25-26(22,23)24;6-3-1-5-2-4-7/h2-7H,1H3,(H,20,21)(H2,22,23,24);5-7H,1-4H2. The van der Waals surface area contributed by atoms with Crippen LogP contribution < -0.4 is 15.2 Å². The van der Waals surface area contributed by atoms with Crippen LogP contribution in [-0.2, 0) is 10.7 Å². The van der Waals surface area contributed by atoms with Crippen molar-refractivity contribution in [2.45, 2.75) is 13.1 Å². The summed E-state index contributed by atoms with van der Waals surface area (Å²) in [4.78, 5) is 30.2. The van der Waals surface area contributed by atoms with Gasteiger partial charge in [0.2, 0.25) is 0 Å². The third-order valence-electron chi connectivity index (χ3n) is 3.64. The predicted octanol–water partition coefficient (Wildman–Crippen LogP) is 2.95. The minimum absolute atomic E-state index is 0.0634. The van der Waals surface area contributed by atoms with Gasteiger partial charge in [-0.15, -0.1) is 0 Å². The smallest absolute Gasteiger partial charge is 0.403 e. The molecule has 0 radical (unpaired) electrons. The number of phosphoric ester groups is 1. The van der Waals surface area contributed by atoms with Gasteiger partial charge in [-0.3, -0.25) is 14.6 Å². The highest BCUT2D eigenvalue weighted by Gasteiger charge is 2.31. The second-order valence-electron chi connectivity index (χ2n) is 6.46. The van der Waals surface area contributed by atoms with Crippen LogP contribution in [0.3, 0.4) is 0 Å². The zero-order valence-electron chi connectivity index (χ0n) is 17.3. The molecule has 0 fully saturated rings. The second-order valence-corrected chi connectivity index (χ2v) is 8.06. The van der Waals surface area contributed by atoms with Crippen LogP contribution >= 0.6 is 19.4 Å². The molecule has 0 unspecified atom stereocenters. The lowest BCUT2D eigenvalue weighted by Gasteiger charge is -2.14. The van der Waals surface area contributed by atoms with Crippen molar-refractivity contribution in [3.05, 3.63) is 58.1 Å². The van der Waals surface area contributed by atoms with Crippen molar-refractivity contribution in [3.63, 3.8) is 0 Å². The second kappa shape index (κ2) is 12.9. The molecule has 2 aromatic rings. The van der Waals surface area contributed by atoms with Crippen LogP contribution in [0.15, 0.2) is 36.4 Å². The molecule has 0 aliphatic heterocycles. The predicted molar refractivity (Wildman–Crippen MR) is 115 cm³/mol. The molecule has 9 nitrogen and oxygen atoms in total. The van der Waals surface area contributed by atoms with Gasteiger partial charge in [0.1, 0.15) is 5.75 Å². The SMILES string of the molecule is Cc1cc(NC(=O)c2cc(Cl)ccc2OP(=O)(O)O)cc(C(F)(F)F)c1.OCCNCCO. The molecule has 0 aromatic heterocycles. The number of anilines is 1. The molecule has 0 saturated heterocycles. The molecule has 0 aliphatic carbocycles. The minimum atomic E-state index is -4.96. The van der Waals surface area contributed by atoms with Crippen LogP contribution in [0.2, 0.25) is 5.02 Å². The van der Waals surface area contributed by atoms with Gasteiger partial charge in [0.05, 0.1) is 24.3 Å². The lowest BCUT2D eigenvalue weighted by atomic mass is 10.1. The number of rotatable bonds is 8. The molecule has 2 aromatic carbocycles. The maximum Gasteiger partial charge on any atom is 0.524 e. The summed E-state index contributed by atoms with van der Waals surface area (Å²) in [6.07, 6.45) is -4.60. The van der Waals surface area contributed by atoms with Crippen LogP contribution in [0.4, 0.5) is 18.9 Å². The first-order chi connectivity index (χ1) is 15.3. The van der Waals surface area contributed by atoms with E-state index in [4.69, 9.17) is 31.6 Å². The summed E-state index contributed by atoms with van der Waals surface area (Å²) in [5.74, 6) is -1.42. The third kappa shape index (κ3) is 11.0. The highest BCUT2D eigenvalue weighted by molar-refractivity contribution is 7.46. The molecular weight excluding hydrogens is 492 g/mol. The van der Waals surface area contributed by atoms with E-state index in [1.165, 1.54) is 19.1 Å². The van der Waals surface area contributed by atoms with E-state index in [0.29, 0.717) is 13.1 Å². The number of carbonyl (C=O) groups excluding carboxylic acids is 1. The van der Waals surface area contributed by atoms with Gasteiger partial charge >= 0.3 is 14.0 Å². The zero-order valence-corrected chi connectivity index (χ0v) is 18.9. The van der Waals surface area contributed by atoms with Crippen LogP contribution in [0.1, 0.15) is 21.5 Å². The number of aliphatic hydroxyl groups excluding tert-OH is 2. The van der Waals surface area contributed by atoms with E-state index in [1.54, 1.807) is 0 Å². The number of alkyl halides is 3. The third-order valence-corrected chi connectivity index (χ3v) is 4.31. The van der Waals surface area contributed by atoms with E-state index in [9.17, 15) is 22.5 Å². The summed E-state index contributed by atoms with van der Waals surface area (Å²) in [6, 6.07) is 6.32. The van der Waals surface area contributed by atoms with E-state index in [1.807, 2.05) is 0 Å². The maximum absolute atomic E-state index is 12.9. The Kier molecular flexibility index (Phi) is 11.3. The van der Waals surface area contributed by atoms with Gasteiger partial charge in [-0.25, -0.2) is 4.57 Å². The molecule has 6 N–H and O–H groups in total. The summed E-state index contributed by atoms with van der Waals surface area (Å²) < 4.78 is 54.0. The molecule has 0 aliphatic rings. The summed E-state index contributed by atoms with van der Waals surface area (Å²) in [5, 5.41) is 21.4. The fourth-order valence-electron chi connectivity index (χ4n) is 2.39. The monoisotopic (exact) mass is 514 g/mol. The number of amides is 1. The molecule has 0 atom stereocenters. The summed E-state index contributed by atoms with van der Waals surface area (Å²) in [6.45, 7) is 2.84. The van der Waals surface area contributed by atoms with E-state index in [-0.39, 0.29) is 35.1 Å². The number of aliphatic hydroxyl groups is 2. The topological polar surface area (TPSA) is 148 Å². The molecule has 2 rings (SSSR count). The largest absolute Gasteiger partial charge is 0.524 e. The van der Waals surface area contributed by atoms with Crippen molar-refractivity contribution in [2.24, 2.45) is 0 Å². The van der Waals surface area contributed by atoms with Gasteiger partial charge in [0.15, 0.2) is 0 Å². The molecule has 184 valence electrons. The number of hydrogen-bond donors (Lipinski definition) is 6. The molecule has 14 heteroatoms. The fourth-order valence-corrected chi connectivity index (χ4v) is 2.98. The Morgan fingerprint density at radius 2 is 1.70 bits per heavy atom. The highest BCUT2D eigenvalue weighted by atomic mass is 35.5. The summed E-state index contributed by atoms with van der Waals surface area (Å²) >= 11 is 5.77. The summed E-state index contributed by atoms with van der Waals surface area (Å²) in [7, 11) is -4.96. The fraction of sp³-hybridized carbons (Fsp3) is 0.316. The lowest BCUT2D eigenvalue weighted by Crippen LogP contribution is -2.21.